The summed E-state index contributed by atoms with van der Waals surface area (Å²) in [4.78, 5) is 0. The van der Waals surface area contributed by atoms with Gasteiger partial charge in [-0.15, -0.1) is 0 Å². The van der Waals surface area contributed by atoms with Gasteiger partial charge in [-0.05, 0) is 0 Å². The highest BCUT2D eigenvalue weighted by molar-refractivity contribution is 4.96. The summed E-state index contributed by atoms with van der Waals surface area (Å²) in [7, 11) is 1.35. The van der Waals surface area contributed by atoms with E-state index >= 15 is 0 Å². The highest BCUT2D eigenvalue weighted by Crippen LogP contribution is 2.30. The molecule has 3 fully saturated rings. The molecule has 3 rings (SSSR count). The highest BCUT2D eigenvalue weighted by atomic mass is 16.7. The molecule has 0 aromatic heterocycles. The van der Waals surface area contributed by atoms with Gasteiger partial charge in [-0.2, -0.15) is 0 Å². The van der Waals surface area contributed by atoms with Crippen molar-refractivity contribution >= 4 is 0 Å². The van der Waals surface area contributed by atoms with Crippen LogP contribution in [0.2, 0.25) is 0 Å². The van der Waals surface area contributed by atoms with E-state index in [9.17, 15) is 40.9 Å². The lowest BCUT2D eigenvalue weighted by molar-refractivity contribution is -0.364. The maximum Gasteiger partial charge on any atom is 0.187 e. The molecule has 3 saturated heterocycles. The molecule has 0 aromatic rings. The Kier molecular flexibility index (Phi) is 9.15. The Morgan fingerprint density at radius 1 is 0.750 bits per heavy atom. The van der Waals surface area contributed by atoms with Gasteiger partial charge in [0.1, 0.15) is 54.9 Å². The van der Waals surface area contributed by atoms with Crippen LogP contribution in [0.3, 0.4) is 0 Å². The van der Waals surface area contributed by atoms with E-state index in [0.29, 0.717) is 0 Å². The highest BCUT2D eigenvalue weighted by Gasteiger charge is 2.52. The van der Waals surface area contributed by atoms with E-state index < -0.39 is 86.3 Å². The van der Waals surface area contributed by atoms with E-state index in [1.807, 2.05) is 0 Å². The molecule has 13 atom stereocenters. The van der Waals surface area contributed by atoms with Gasteiger partial charge in [-0.1, -0.05) is 0 Å². The molecule has 0 aromatic carbocycles. The van der Waals surface area contributed by atoms with E-state index in [4.69, 9.17) is 23.7 Å². The topological polar surface area (TPSA) is 220 Å². The van der Waals surface area contributed by atoms with Crippen molar-refractivity contribution in [3.8, 4) is 0 Å². The largest absolute Gasteiger partial charge is 0.395 e. The smallest absolute Gasteiger partial charge is 0.187 e. The second-order valence-corrected chi connectivity index (χ2v) is 8.14. The zero-order chi connectivity index (χ0) is 23.6. The molecular formula is C18H33NO13. The summed E-state index contributed by atoms with van der Waals surface area (Å²) in [5.41, 5.74) is 0. The predicted octanol–water partition coefficient (Wildman–Crippen LogP) is -6.03. The molecule has 0 saturated carbocycles. The molecule has 0 spiro atoms. The van der Waals surface area contributed by atoms with E-state index in [1.54, 1.807) is 0 Å². The molecule has 0 bridgehead atoms. The Morgan fingerprint density at radius 3 is 1.94 bits per heavy atom. The molecule has 3 aliphatic rings. The first-order valence-corrected chi connectivity index (χ1v) is 10.4. The van der Waals surface area contributed by atoms with Gasteiger partial charge in [0.25, 0.3) is 0 Å². The van der Waals surface area contributed by atoms with Crippen molar-refractivity contribution in [3.05, 3.63) is 0 Å². The van der Waals surface area contributed by atoms with Gasteiger partial charge in [0, 0.05) is 13.7 Å². The summed E-state index contributed by atoms with van der Waals surface area (Å²) in [5.74, 6) is 0. The van der Waals surface area contributed by atoms with Crippen LogP contribution in [0.15, 0.2) is 0 Å². The first-order chi connectivity index (χ1) is 15.2. The summed E-state index contributed by atoms with van der Waals surface area (Å²) in [5, 5.41) is 83.5. The molecule has 188 valence electrons. The first-order valence-electron chi connectivity index (χ1n) is 10.4. The maximum atomic E-state index is 10.6. The van der Waals surface area contributed by atoms with Crippen LogP contribution in [0, 0.1) is 0 Å². The third-order valence-corrected chi connectivity index (χ3v) is 5.96. The number of hydrogen-bond acceptors (Lipinski definition) is 14. The van der Waals surface area contributed by atoms with E-state index in [-0.39, 0.29) is 19.8 Å². The SMILES string of the molecule is COC[C@H]1O[C@@H](O[C@H]2[C@H](O)[C@@H](O)[C@@H](O[C@@H]3[C@H](CO)NC[C@@H]3O)O[C@@H]2CO)[C@H](O)[C@@H](O)[C@@H]1O. The van der Waals surface area contributed by atoms with Crippen LogP contribution in [0.5, 0.6) is 0 Å². The van der Waals surface area contributed by atoms with Crippen LogP contribution < -0.4 is 5.32 Å². The molecule has 3 aliphatic heterocycles. The molecule has 0 radical (unpaired) electrons. The molecule has 9 N–H and O–H groups in total. The Bertz CT molecular complexity index is 585. The molecule has 0 unspecified atom stereocenters. The minimum Gasteiger partial charge on any atom is -0.395 e. The minimum absolute atomic E-state index is 0.125. The minimum atomic E-state index is -1.71. The Hall–Kier alpha value is -0.560. The zero-order valence-electron chi connectivity index (χ0n) is 17.5. The molecule has 14 nitrogen and oxygen atoms in total. The number of ether oxygens (including phenoxy) is 5. The van der Waals surface area contributed by atoms with Gasteiger partial charge >= 0.3 is 0 Å². The predicted molar refractivity (Wildman–Crippen MR) is 101 cm³/mol. The number of methoxy groups -OCH3 is 1. The molecular weight excluding hydrogens is 438 g/mol. The average Bonchev–Trinajstić information content (AvgIpc) is 3.14. The van der Waals surface area contributed by atoms with Crippen LogP contribution in [-0.2, 0) is 23.7 Å². The fraction of sp³-hybridized carbons (Fsp3) is 1.00. The van der Waals surface area contributed by atoms with Crippen LogP contribution in [0.1, 0.15) is 0 Å². The van der Waals surface area contributed by atoms with Crippen molar-refractivity contribution < 1.29 is 64.5 Å². The molecule has 0 aliphatic carbocycles. The molecule has 32 heavy (non-hydrogen) atoms. The lowest BCUT2D eigenvalue weighted by Gasteiger charge is -2.46. The van der Waals surface area contributed by atoms with Crippen molar-refractivity contribution in [1.82, 2.24) is 5.32 Å². The lowest BCUT2D eigenvalue weighted by atomic mass is 9.97. The zero-order valence-corrected chi connectivity index (χ0v) is 17.5. The van der Waals surface area contributed by atoms with Crippen molar-refractivity contribution in [2.75, 3.05) is 33.5 Å². The second-order valence-electron chi connectivity index (χ2n) is 8.14. The standard InChI is InChI=1S/C18H33NO13/c1-28-5-9-10(23)11(24)13(26)17(30-9)32-16-8(4-21)29-18(14(27)12(16)25)31-15-6(3-20)19-2-7(15)22/h6-27H,2-5H2,1H3/t6-,7-,8+,9+,10+,11-,12+,13+,14+,15+,16+,17-,18+/m0/s1. The second kappa shape index (κ2) is 11.2. The fourth-order valence-electron chi connectivity index (χ4n) is 4.10. The number of hydrogen-bond donors (Lipinski definition) is 9. The summed E-state index contributed by atoms with van der Waals surface area (Å²) >= 11 is 0. The summed E-state index contributed by atoms with van der Waals surface area (Å²) < 4.78 is 27.0. The summed E-state index contributed by atoms with van der Waals surface area (Å²) in [6.07, 6.45) is -16.9. The lowest BCUT2D eigenvalue weighted by Crippen LogP contribution is -2.65. The first kappa shape index (κ1) is 26.1. The van der Waals surface area contributed by atoms with Gasteiger partial charge in [0.15, 0.2) is 12.6 Å². The average molecular weight is 471 g/mol. The van der Waals surface area contributed by atoms with E-state index in [2.05, 4.69) is 5.32 Å². The third kappa shape index (κ3) is 5.24. The van der Waals surface area contributed by atoms with Gasteiger partial charge in [-0.3, -0.25) is 0 Å². The van der Waals surface area contributed by atoms with Crippen molar-refractivity contribution in [1.29, 1.82) is 0 Å². The Morgan fingerprint density at radius 2 is 1.34 bits per heavy atom. The van der Waals surface area contributed by atoms with Gasteiger partial charge in [0.05, 0.1) is 32.0 Å². The van der Waals surface area contributed by atoms with Crippen LogP contribution in [0.25, 0.3) is 0 Å². The van der Waals surface area contributed by atoms with Gasteiger partial charge < -0.3 is 69.9 Å². The molecule has 14 heteroatoms. The van der Waals surface area contributed by atoms with E-state index in [0.717, 1.165) is 0 Å². The molecule has 3 heterocycles. The van der Waals surface area contributed by atoms with Crippen LogP contribution in [0.4, 0.5) is 0 Å². The monoisotopic (exact) mass is 471 g/mol. The normalized spacial score (nSPS) is 50.0. The van der Waals surface area contributed by atoms with Crippen molar-refractivity contribution in [3.63, 3.8) is 0 Å². The summed E-state index contributed by atoms with van der Waals surface area (Å²) in [6, 6.07) is -0.629. The van der Waals surface area contributed by atoms with Crippen molar-refractivity contribution in [2.45, 2.75) is 79.7 Å². The van der Waals surface area contributed by atoms with Crippen LogP contribution >= 0.6 is 0 Å². The number of rotatable bonds is 8. The van der Waals surface area contributed by atoms with Gasteiger partial charge in [0.2, 0.25) is 0 Å². The van der Waals surface area contributed by atoms with Crippen molar-refractivity contribution in [2.24, 2.45) is 0 Å². The maximum absolute atomic E-state index is 10.6. The quantitative estimate of drug-likeness (QED) is 0.161. The van der Waals surface area contributed by atoms with Gasteiger partial charge in [-0.25, -0.2) is 0 Å². The third-order valence-electron chi connectivity index (χ3n) is 5.96. The number of nitrogens with one attached hydrogen (secondary N) is 1. The summed E-state index contributed by atoms with van der Waals surface area (Å²) in [6.45, 7) is -1.01. The number of β-amino-alcohol motifs (C(OH)–C–C–N with tert-alkyl or cyclic N) is 1. The fourth-order valence-corrected chi connectivity index (χ4v) is 4.10. The molecule has 0 amide bonds. The number of aliphatic hydroxyl groups is 8. The van der Waals surface area contributed by atoms with Crippen LogP contribution in [-0.4, -0.2) is 154 Å². The Labute approximate surface area is 183 Å². The van der Waals surface area contributed by atoms with E-state index in [1.165, 1.54) is 7.11 Å². The number of aliphatic hydroxyl groups excluding tert-OH is 8. The Balaban J connectivity index is 1.69.